The van der Waals surface area contributed by atoms with Gasteiger partial charge in [0.1, 0.15) is 6.10 Å². The Morgan fingerprint density at radius 3 is 3.00 bits per heavy atom. The van der Waals surface area contributed by atoms with E-state index in [4.69, 9.17) is 4.74 Å². The largest absolute Gasteiger partial charge is 0.504 e. The molecule has 7 heteroatoms. The van der Waals surface area contributed by atoms with Gasteiger partial charge in [-0.05, 0) is 72.3 Å². The zero-order chi connectivity index (χ0) is 23.7. The molecule has 1 aromatic heterocycles. The van der Waals surface area contributed by atoms with Crippen molar-refractivity contribution in [1.82, 2.24) is 9.80 Å². The summed E-state index contributed by atoms with van der Waals surface area (Å²) in [6, 6.07) is 5.41. The zero-order valence-electron chi connectivity index (χ0n) is 19.3. The Bertz CT molecular complexity index is 1180. The number of aromatic hydroxyl groups is 1. The van der Waals surface area contributed by atoms with Gasteiger partial charge in [0.05, 0.1) is 17.1 Å². The standard InChI is InChI=1S/C27H30N2O4S/c1-3-12-29-13-11-26-23-18-5-6-20(30)24(23)33-25(26)19(8-10-27(26,32)21(29)15-18)28(2)22(31)7-4-17-9-14-34-16-17/h3-7,9,14,16,19,21,25,30,32H,1,8,10-13,15H2,2H3/b7-4+/t19-,21-,25+,26+,27-/m1/s1. The Balaban J connectivity index is 1.41. The van der Waals surface area contributed by atoms with Crippen molar-refractivity contribution in [2.24, 2.45) is 0 Å². The van der Waals surface area contributed by atoms with Gasteiger partial charge < -0.3 is 19.8 Å². The fourth-order valence-corrected chi connectivity index (χ4v) is 7.83. The number of ether oxygens (including phenoxy) is 1. The van der Waals surface area contributed by atoms with Crippen LogP contribution < -0.4 is 4.74 Å². The lowest BCUT2D eigenvalue weighted by atomic mass is 9.48. The first kappa shape index (κ1) is 21.9. The molecule has 1 spiro atoms. The SMILES string of the molecule is C=CCN1CC[C@]23c4c5ccc(O)c4O[C@H]2[C@H](N(C)C(=O)/C=C/c2ccsc2)CC[C@@]3(O)[C@H]1C5. The summed E-state index contributed by atoms with van der Waals surface area (Å²) in [5.41, 5.74) is 1.47. The first-order valence-corrected chi connectivity index (χ1v) is 12.9. The molecule has 4 aliphatic rings. The molecule has 1 saturated carbocycles. The number of benzene rings is 1. The van der Waals surface area contributed by atoms with Crippen molar-refractivity contribution in [3.05, 3.63) is 64.4 Å². The third-order valence-corrected chi connectivity index (χ3v) is 9.41. The van der Waals surface area contributed by atoms with Crippen molar-refractivity contribution in [3.63, 3.8) is 0 Å². The van der Waals surface area contributed by atoms with E-state index in [2.05, 4.69) is 11.5 Å². The number of aliphatic hydroxyl groups is 1. The van der Waals surface area contributed by atoms with Crippen molar-refractivity contribution in [2.45, 2.75) is 54.9 Å². The average molecular weight is 479 g/mol. The molecule has 5 atom stereocenters. The molecule has 0 unspecified atom stereocenters. The normalized spacial score (nSPS) is 33.4. The van der Waals surface area contributed by atoms with Crippen LogP contribution in [-0.2, 0) is 16.6 Å². The maximum absolute atomic E-state index is 13.2. The Hall–Kier alpha value is -2.61. The Morgan fingerprint density at radius 2 is 2.24 bits per heavy atom. The molecule has 0 radical (unpaired) electrons. The van der Waals surface area contributed by atoms with Gasteiger partial charge in [0, 0.05) is 31.3 Å². The van der Waals surface area contributed by atoms with Crippen LogP contribution in [0.4, 0.5) is 0 Å². The van der Waals surface area contributed by atoms with E-state index in [1.807, 2.05) is 42.1 Å². The minimum absolute atomic E-state index is 0.0474. The molecule has 2 aliphatic carbocycles. The third kappa shape index (κ3) is 2.78. The number of piperidine rings is 1. The monoisotopic (exact) mass is 478 g/mol. The lowest BCUT2D eigenvalue weighted by Gasteiger charge is -2.64. The lowest BCUT2D eigenvalue weighted by molar-refractivity contribution is -0.198. The van der Waals surface area contributed by atoms with Crippen LogP contribution in [-0.4, -0.2) is 69.8 Å². The van der Waals surface area contributed by atoms with E-state index in [0.29, 0.717) is 31.4 Å². The van der Waals surface area contributed by atoms with Gasteiger partial charge >= 0.3 is 0 Å². The molecule has 1 saturated heterocycles. The van der Waals surface area contributed by atoms with Crippen LogP contribution >= 0.6 is 11.3 Å². The number of hydrogen-bond acceptors (Lipinski definition) is 6. The van der Waals surface area contributed by atoms with Gasteiger partial charge in [-0.2, -0.15) is 11.3 Å². The fourth-order valence-electron chi connectivity index (χ4n) is 7.20. The highest BCUT2D eigenvalue weighted by molar-refractivity contribution is 7.08. The molecule has 6 nitrogen and oxygen atoms in total. The molecule has 2 aliphatic heterocycles. The quantitative estimate of drug-likeness (QED) is 0.510. The topological polar surface area (TPSA) is 73.2 Å². The summed E-state index contributed by atoms with van der Waals surface area (Å²) in [4.78, 5) is 17.3. The van der Waals surface area contributed by atoms with Crippen LogP contribution in [0.15, 0.2) is 47.7 Å². The second kappa shape index (κ2) is 7.70. The van der Waals surface area contributed by atoms with Gasteiger partial charge in [-0.15, -0.1) is 6.58 Å². The van der Waals surface area contributed by atoms with Crippen LogP contribution in [0.3, 0.4) is 0 Å². The van der Waals surface area contributed by atoms with E-state index in [1.165, 1.54) is 0 Å². The number of rotatable bonds is 5. The molecule has 2 fully saturated rings. The van der Waals surface area contributed by atoms with E-state index in [9.17, 15) is 15.0 Å². The van der Waals surface area contributed by atoms with E-state index in [0.717, 1.165) is 29.8 Å². The first-order valence-electron chi connectivity index (χ1n) is 12.0. The van der Waals surface area contributed by atoms with E-state index in [1.54, 1.807) is 28.4 Å². The molecule has 178 valence electrons. The van der Waals surface area contributed by atoms with Gasteiger partial charge in [0.2, 0.25) is 5.91 Å². The molecule has 2 N–H and O–H groups in total. The van der Waals surface area contributed by atoms with Gasteiger partial charge in [-0.1, -0.05) is 12.1 Å². The number of likely N-dealkylation sites (N-methyl/N-ethyl adjacent to an activating group) is 1. The minimum Gasteiger partial charge on any atom is -0.504 e. The molecular formula is C27H30N2O4S. The van der Waals surface area contributed by atoms with Gasteiger partial charge in [0.15, 0.2) is 11.5 Å². The van der Waals surface area contributed by atoms with E-state index >= 15 is 0 Å². The number of thiophene rings is 1. The highest BCUT2D eigenvalue weighted by Crippen LogP contribution is 2.65. The smallest absolute Gasteiger partial charge is 0.246 e. The molecule has 3 heterocycles. The highest BCUT2D eigenvalue weighted by atomic mass is 32.1. The van der Waals surface area contributed by atoms with Crippen molar-refractivity contribution >= 4 is 23.3 Å². The predicted octanol–water partition coefficient (Wildman–Crippen LogP) is 3.33. The van der Waals surface area contributed by atoms with Crippen LogP contribution in [0.1, 0.15) is 36.0 Å². The van der Waals surface area contributed by atoms with Gasteiger partial charge in [-0.25, -0.2) is 0 Å². The summed E-state index contributed by atoms with van der Waals surface area (Å²) in [6.45, 7) is 5.47. The summed E-state index contributed by atoms with van der Waals surface area (Å²) in [6.07, 6.45) is 7.59. The number of hydrogen-bond donors (Lipinski definition) is 2. The second-order valence-corrected chi connectivity index (χ2v) is 10.9. The molecule has 2 bridgehead atoms. The molecule has 1 aromatic carbocycles. The summed E-state index contributed by atoms with van der Waals surface area (Å²) in [5.74, 6) is 0.526. The number of amides is 1. The number of carbonyl (C=O) groups is 1. The number of likely N-dealkylation sites (tertiary alicyclic amines) is 1. The number of phenols is 1. The zero-order valence-corrected chi connectivity index (χ0v) is 20.1. The van der Waals surface area contributed by atoms with Crippen LogP contribution in [0.25, 0.3) is 6.08 Å². The average Bonchev–Trinajstić information content (AvgIpc) is 3.46. The van der Waals surface area contributed by atoms with E-state index < -0.39 is 17.1 Å². The predicted molar refractivity (Wildman–Crippen MR) is 132 cm³/mol. The minimum atomic E-state index is -0.988. The number of nitrogens with zero attached hydrogens (tertiary/aromatic N) is 2. The van der Waals surface area contributed by atoms with Gasteiger partial charge in [0.25, 0.3) is 0 Å². The Kier molecular flexibility index (Phi) is 4.96. The third-order valence-electron chi connectivity index (χ3n) is 8.71. The second-order valence-electron chi connectivity index (χ2n) is 10.1. The Morgan fingerprint density at radius 1 is 1.38 bits per heavy atom. The number of phenolic OH excluding ortho intramolecular Hbond substituents is 1. The van der Waals surface area contributed by atoms with Crippen molar-refractivity contribution in [1.29, 1.82) is 0 Å². The van der Waals surface area contributed by atoms with E-state index in [-0.39, 0.29) is 23.7 Å². The molecule has 6 rings (SSSR count). The van der Waals surface area contributed by atoms with Crippen molar-refractivity contribution in [2.75, 3.05) is 20.1 Å². The van der Waals surface area contributed by atoms with Crippen LogP contribution in [0, 0.1) is 0 Å². The summed E-state index contributed by atoms with van der Waals surface area (Å²) >= 11 is 1.60. The lowest BCUT2D eigenvalue weighted by Crippen LogP contribution is -2.78. The number of carbonyl (C=O) groups excluding carboxylic acids is 1. The molecule has 2 aromatic rings. The van der Waals surface area contributed by atoms with Crippen LogP contribution in [0.2, 0.25) is 0 Å². The van der Waals surface area contributed by atoms with Crippen molar-refractivity contribution < 1.29 is 19.7 Å². The molecule has 34 heavy (non-hydrogen) atoms. The molecule has 1 amide bonds. The first-order chi connectivity index (χ1) is 16.4. The van der Waals surface area contributed by atoms with Crippen LogP contribution in [0.5, 0.6) is 11.5 Å². The maximum Gasteiger partial charge on any atom is 0.246 e. The Labute approximate surface area is 203 Å². The summed E-state index contributed by atoms with van der Waals surface area (Å²) in [7, 11) is 1.83. The highest BCUT2D eigenvalue weighted by Gasteiger charge is 2.73. The van der Waals surface area contributed by atoms with Crippen molar-refractivity contribution in [3.8, 4) is 11.5 Å². The summed E-state index contributed by atoms with van der Waals surface area (Å²) < 4.78 is 6.54. The molecular weight excluding hydrogens is 448 g/mol. The van der Waals surface area contributed by atoms with Gasteiger partial charge in [-0.3, -0.25) is 9.69 Å². The summed E-state index contributed by atoms with van der Waals surface area (Å²) in [5, 5.41) is 27.1. The fraction of sp³-hybridized carbons (Fsp3) is 0.444. The maximum atomic E-state index is 13.2.